The first-order valence-electron chi connectivity index (χ1n) is 8.95. The molecule has 1 amide bonds. The largest absolute Gasteiger partial charge is 0.416 e. The summed E-state index contributed by atoms with van der Waals surface area (Å²) in [7, 11) is -4.55. The molecule has 14 heteroatoms. The third-order valence-electron chi connectivity index (χ3n) is 4.18. The second-order valence-corrected chi connectivity index (χ2v) is 8.29. The quantitative estimate of drug-likeness (QED) is 0.509. The van der Waals surface area contributed by atoms with Crippen molar-refractivity contribution in [2.24, 2.45) is 0 Å². The first kappa shape index (κ1) is 24.1. The highest BCUT2D eigenvalue weighted by Crippen LogP contribution is 2.34. The number of halogens is 6. The Bertz CT molecular complexity index is 1260. The van der Waals surface area contributed by atoms with Gasteiger partial charge in [0.25, 0.3) is 15.9 Å². The highest BCUT2D eigenvalue weighted by Gasteiger charge is 2.32. The summed E-state index contributed by atoms with van der Waals surface area (Å²) >= 11 is 0. The number of aromatic nitrogens is 2. The van der Waals surface area contributed by atoms with Crippen molar-refractivity contribution in [1.82, 2.24) is 15.1 Å². The van der Waals surface area contributed by atoms with Gasteiger partial charge in [-0.2, -0.15) is 31.4 Å². The van der Waals surface area contributed by atoms with Crippen molar-refractivity contribution < 1.29 is 39.6 Å². The molecular formula is C19H14F6N4O3S. The molecule has 0 saturated carbocycles. The average molecular weight is 492 g/mol. The lowest BCUT2D eigenvalue weighted by molar-refractivity contribution is -0.137. The van der Waals surface area contributed by atoms with E-state index in [-0.39, 0.29) is 5.69 Å². The highest BCUT2D eigenvalue weighted by atomic mass is 32.2. The molecule has 33 heavy (non-hydrogen) atoms. The van der Waals surface area contributed by atoms with Gasteiger partial charge in [0.15, 0.2) is 0 Å². The Labute approximate surface area is 183 Å². The Hall–Kier alpha value is -3.55. The number of carbonyl (C=O) groups excluding carboxylic acids is 1. The number of sulfonamides is 1. The van der Waals surface area contributed by atoms with Gasteiger partial charge in [-0.1, -0.05) is 6.07 Å². The molecule has 0 spiro atoms. The number of alkyl halides is 6. The van der Waals surface area contributed by atoms with E-state index in [4.69, 9.17) is 0 Å². The van der Waals surface area contributed by atoms with E-state index in [0.717, 1.165) is 41.1 Å². The molecule has 3 rings (SSSR count). The summed E-state index contributed by atoms with van der Waals surface area (Å²) in [5.41, 5.74) is -1.99. The van der Waals surface area contributed by atoms with Gasteiger partial charge in [-0.25, -0.2) is 13.1 Å². The number of rotatable bonds is 6. The van der Waals surface area contributed by atoms with Crippen LogP contribution in [0.1, 0.15) is 15.9 Å². The molecule has 0 atom stereocenters. The molecule has 3 aromatic rings. The van der Waals surface area contributed by atoms with Gasteiger partial charge in [0.1, 0.15) is 6.54 Å². The van der Waals surface area contributed by atoms with Crippen LogP contribution in [0.3, 0.4) is 0 Å². The van der Waals surface area contributed by atoms with Gasteiger partial charge >= 0.3 is 12.4 Å². The van der Waals surface area contributed by atoms with E-state index in [0.29, 0.717) is 6.07 Å². The molecule has 0 fully saturated rings. The standard InChI is InChI=1S/C19H14F6N4O3S/c20-18(21,22)11-26-17(30)12-3-1-4-14(9-12)33(31,32)28-15-10-13(19(23,24)25)5-6-16(15)29-8-2-7-27-29/h1-10,28H,11H2,(H,26,30). The van der Waals surface area contributed by atoms with Crippen LogP contribution < -0.4 is 10.0 Å². The fourth-order valence-electron chi connectivity index (χ4n) is 2.70. The van der Waals surface area contributed by atoms with Crippen molar-refractivity contribution in [1.29, 1.82) is 0 Å². The predicted molar refractivity (Wildman–Crippen MR) is 104 cm³/mol. The van der Waals surface area contributed by atoms with Crippen molar-refractivity contribution in [2.75, 3.05) is 11.3 Å². The van der Waals surface area contributed by atoms with Crippen molar-refractivity contribution >= 4 is 21.6 Å². The summed E-state index contributed by atoms with van der Waals surface area (Å²) in [6, 6.07) is 7.85. The zero-order valence-corrected chi connectivity index (χ0v) is 17.1. The van der Waals surface area contributed by atoms with Crippen molar-refractivity contribution in [3.8, 4) is 5.69 Å². The lowest BCUT2D eigenvalue weighted by Gasteiger charge is -2.16. The molecule has 0 aliphatic rings. The summed E-state index contributed by atoms with van der Waals surface area (Å²) in [5, 5.41) is 5.48. The predicted octanol–water partition coefficient (Wildman–Crippen LogP) is 3.98. The van der Waals surface area contributed by atoms with Crippen LogP contribution in [0, 0.1) is 0 Å². The van der Waals surface area contributed by atoms with Gasteiger partial charge in [-0.3, -0.25) is 9.52 Å². The van der Waals surface area contributed by atoms with Gasteiger partial charge in [-0.15, -0.1) is 0 Å². The molecule has 0 saturated heterocycles. The third-order valence-corrected chi connectivity index (χ3v) is 5.54. The number of carbonyl (C=O) groups is 1. The molecule has 2 aromatic carbocycles. The summed E-state index contributed by atoms with van der Waals surface area (Å²) in [6.45, 7) is -1.63. The fourth-order valence-corrected chi connectivity index (χ4v) is 3.81. The highest BCUT2D eigenvalue weighted by molar-refractivity contribution is 7.92. The van der Waals surface area contributed by atoms with E-state index >= 15 is 0 Å². The number of anilines is 1. The molecule has 2 N–H and O–H groups in total. The van der Waals surface area contributed by atoms with Gasteiger partial charge in [-0.05, 0) is 42.5 Å². The monoisotopic (exact) mass is 492 g/mol. The van der Waals surface area contributed by atoms with E-state index in [1.165, 1.54) is 18.5 Å². The Balaban J connectivity index is 1.96. The molecule has 0 bridgehead atoms. The normalized spacial score (nSPS) is 12.4. The van der Waals surface area contributed by atoms with Crippen LogP contribution >= 0.6 is 0 Å². The van der Waals surface area contributed by atoms with E-state index in [1.807, 2.05) is 4.72 Å². The zero-order valence-electron chi connectivity index (χ0n) is 16.3. The first-order valence-corrected chi connectivity index (χ1v) is 10.4. The van der Waals surface area contributed by atoms with Gasteiger partial charge in [0, 0.05) is 18.0 Å². The number of nitrogens with one attached hydrogen (secondary N) is 2. The lowest BCUT2D eigenvalue weighted by atomic mass is 10.1. The van der Waals surface area contributed by atoms with Crippen LogP contribution in [0.25, 0.3) is 5.69 Å². The second kappa shape index (κ2) is 8.77. The number of nitrogens with zero attached hydrogens (tertiary/aromatic N) is 2. The Morgan fingerprint density at radius 3 is 2.33 bits per heavy atom. The molecule has 7 nitrogen and oxygen atoms in total. The SMILES string of the molecule is O=C(NCC(F)(F)F)c1cccc(S(=O)(=O)Nc2cc(C(F)(F)F)ccc2-n2cccn2)c1. The number of amides is 1. The minimum absolute atomic E-state index is 0.0179. The van der Waals surface area contributed by atoms with E-state index in [2.05, 4.69) is 5.10 Å². The van der Waals surface area contributed by atoms with Crippen molar-refractivity contribution in [3.63, 3.8) is 0 Å². The van der Waals surface area contributed by atoms with E-state index in [9.17, 15) is 39.6 Å². The number of hydrogen-bond donors (Lipinski definition) is 2. The first-order chi connectivity index (χ1) is 15.3. The third kappa shape index (κ3) is 6.03. The maximum atomic E-state index is 13.2. The van der Waals surface area contributed by atoms with Crippen LogP contribution in [0.5, 0.6) is 0 Å². The lowest BCUT2D eigenvalue weighted by Crippen LogP contribution is -2.33. The smallest absolute Gasteiger partial charge is 0.343 e. The number of hydrogen-bond acceptors (Lipinski definition) is 4. The summed E-state index contributed by atoms with van der Waals surface area (Å²) in [5.74, 6) is -1.18. The van der Waals surface area contributed by atoms with Crippen molar-refractivity contribution in [2.45, 2.75) is 17.2 Å². The summed E-state index contributed by atoms with van der Waals surface area (Å²) < 4.78 is 105. The topological polar surface area (TPSA) is 93.1 Å². The average Bonchev–Trinajstić information content (AvgIpc) is 3.25. The molecular weight excluding hydrogens is 478 g/mol. The van der Waals surface area contributed by atoms with Gasteiger partial charge in [0.2, 0.25) is 0 Å². The Kier molecular flexibility index (Phi) is 6.40. The Morgan fingerprint density at radius 2 is 1.73 bits per heavy atom. The minimum Gasteiger partial charge on any atom is -0.343 e. The van der Waals surface area contributed by atoms with Gasteiger partial charge in [0.05, 0.1) is 21.8 Å². The minimum atomic E-state index is -4.76. The summed E-state index contributed by atoms with van der Waals surface area (Å²) in [6.07, 6.45) is -6.72. The van der Waals surface area contributed by atoms with Crippen molar-refractivity contribution in [3.05, 3.63) is 72.1 Å². The molecule has 176 valence electrons. The molecule has 0 aliphatic heterocycles. The molecule has 0 unspecified atom stereocenters. The van der Waals surface area contributed by atoms with Crippen LogP contribution in [0.4, 0.5) is 32.0 Å². The van der Waals surface area contributed by atoms with E-state index in [1.54, 1.807) is 5.32 Å². The molecule has 1 aromatic heterocycles. The Morgan fingerprint density at radius 1 is 1.00 bits per heavy atom. The molecule has 0 radical (unpaired) electrons. The van der Waals surface area contributed by atoms with Crippen LogP contribution in [-0.4, -0.2) is 36.8 Å². The zero-order chi connectivity index (χ0) is 24.4. The van der Waals surface area contributed by atoms with Crippen LogP contribution in [-0.2, 0) is 16.2 Å². The fraction of sp³-hybridized carbons (Fsp3) is 0.158. The van der Waals surface area contributed by atoms with Crippen LogP contribution in [0.2, 0.25) is 0 Å². The summed E-state index contributed by atoms with van der Waals surface area (Å²) in [4.78, 5) is 11.4. The molecule has 1 heterocycles. The van der Waals surface area contributed by atoms with Gasteiger partial charge < -0.3 is 5.32 Å². The second-order valence-electron chi connectivity index (χ2n) is 6.61. The van der Waals surface area contributed by atoms with Crippen LogP contribution in [0.15, 0.2) is 65.8 Å². The maximum Gasteiger partial charge on any atom is 0.416 e. The maximum absolute atomic E-state index is 13.2. The molecule has 0 aliphatic carbocycles. The number of benzene rings is 2. The van der Waals surface area contributed by atoms with E-state index < -0.39 is 56.5 Å².